The van der Waals surface area contributed by atoms with Crippen molar-refractivity contribution in [1.29, 1.82) is 0 Å². The van der Waals surface area contributed by atoms with Gasteiger partial charge in [-0.25, -0.2) is 0 Å². The van der Waals surface area contributed by atoms with E-state index in [-0.39, 0.29) is 0 Å². The fraction of sp³-hybridized carbons (Fsp3) is 0.375. The molecule has 1 aliphatic heterocycles. The minimum Gasteiger partial charge on any atom is -0.480 e. The van der Waals surface area contributed by atoms with Gasteiger partial charge >= 0.3 is 5.97 Å². The van der Waals surface area contributed by atoms with Gasteiger partial charge in [-0.05, 0) is 6.07 Å². The Morgan fingerprint density at radius 3 is 3.33 bits per heavy atom. The van der Waals surface area contributed by atoms with E-state index in [1.165, 1.54) is 0 Å². The van der Waals surface area contributed by atoms with Gasteiger partial charge in [0.05, 0.1) is 6.26 Å². The SMILES string of the molecule is O=C(O)[C@H]1Cc2occc2CN1. The van der Waals surface area contributed by atoms with Crippen molar-refractivity contribution < 1.29 is 14.3 Å². The molecule has 2 N–H and O–H groups in total. The van der Waals surface area contributed by atoms with E-state index in [0.717, 1.165) is 11.3 Å². The summed E-state index contributed by atoms with van der Waals surface area (Å²) < 4.78 is 5.13. The molecule has 64 valence electrons. The molecule has 0 bridgehead atoms. The van der Waals surface area contributed by atoms with Crippen LogP contribution in [0.3, 0.4) is 0 Å². The lowest BCUT2D eigenvalue weighted by molar-refractivity contribution is -0.139. The molecule has 1 aromatic heterocycles. The van der Waals surface area contributed by atoms with Gasteiger partial charge in [0.25, 0.3) is 0 Å². The second-order valence-electron chi connectivity index (χ2n) is 2.84. The quantitative estimate of drug-likeness (QED) is 0.634. The Labute approximate surface area is 69.2 Å². The first kappa shape index (κ1) is 7.36. The summed E-state index contributed by atoms with van der Waals surface area (Å²) in [6, 6.07) is 1.36. The number of hydrogen-bond acceptors (Lipinski definition) is 3. The zero-order chi connectivity index (χ0) is 8.55. The van der Waals surface area contributed by atoms with Gasteiger partial charge in [0.15, 0.2) is 0 Å². The summed E-state index contributed by atoms with van der Waals surface area (Å²) in [5, 5.41) is 11.6. The van der Waals surface area contributed by atoms with Crippen LogP contribution >= 0.6 is 0 Å². The summed E-state index contributed by atoms with van der Waals surface area (Å²) in [6.07, 6.45) is 2.04. The highest BCUT2D eigenvalue weighted by Crippen LogP contribution is 2.17. The van der Waals surface area contributed by atoms with E-state index < -0.39 is 12.0 Å². The number of fused-ring (bicyclic) bond motifs is 1. The highest BCUT2D eigenvalue weighted by atomic mass is 16.4. The standard InChI is InChI=1S/C8H9NO3/c10-8(11)6-3-7-5(4-9-6)1-2-12-7/h1-2,6,9H,3-4H2,(H,10,11)/t6-/m1/s1. The van der Waals surface area contributed by atoms with Crippen LogP contribution in [-0.2, 0) is 17.8 Å². The molecule has 0 aromatic carbocycles. The van der Waals surface area contributed by atoms with Crippen LogP contribution in [0.15, 0.2) is 16.7 Å². The molecule has 12 heavy (non-hydrogen) atoms. The van der Waals surface area contributed by atoms with Crippen LogP contribution in [0, 0.1) is 0 Å². The smallest absolute Gasteiger partial charge is 0.321 e. The first-order chi connectivity index (χ1) is 5.77. The molecule has 4 heteroatoms. The molecule has 0 radical (unpaired) electrons. The van der Waals surface area contributed by atoms with E-state index in [2.05, 4.69) is 5.32 Å². The van der Waals surface area contributed by atoms with Crippen molar-refractivity contribution in [2.75, 3.05) is 0 Å². The summed E-state index contributed by atoms with van der Waals surface area (Å²) in [5.41, 5.74) is 1.06. The van der Waals surface area contributed by atoms with Crippen LogP contribution in [0.1, 0.15) is 11.3 Å². The van der Waals surface area contributed by atoms with E-state index in [1.807, 2.05) is 6.07 Å². The lowest BCUT2D eigenvalue weighted by Gasteiger charge is -2.18. The third-order valence-electron chi connectivity index (χ3n) is 2.06. The zero-order valence-electron chi connectivity index (χ0n) is 6.41. The van der Waals surface area contributed by atoms with E-state index in [1.54, 1.807) is 6.26 Å². The average Bonchev–Trinajstić information content (AvgIpc) is 2.49. The summed E-state index contributed by atoms with van der Waals surface area (Å²) in [4.78, 5) is 10.6. The molecule has 2 heterocycles. The van der Waals surface area contributed by atoms with Crippen LogP contribution in [0.5, 0.6) is 0 Å². The van der Waals surface area contributed by atoms with Gasteiger partial charge in [0.2, 0.25) is 0 Å². The van der Waals surface area contributed by atoms with E-state index >= 15 is 0 Å². The molecule has 0 saturated carbocycles. The Morgan fingerprint density at radius 1 is 1.75 bits per heavy atom. The van der Waals surface area contributed by atoms with Crippen molar-refractivity contribution in [3.05, 3.63) is 23.7 Å². The normalized spacial score (nSPS) is 21.8. The van der Waals surface area contributed by atoms with Crippen molar-refractivity contribution in [3.63, 3.8) is 0 Å². The maximum absolute atomic E-state index is 10.6. The topological polar surface area (TPSA) is 62.5 Å². The van der Waals surface area contributed by atoms with Crippen molar-refractivity contribution in [2.45, 2.75) is 19.0 Å². The Balaban J connectivity index is 2.20. The first-order valence-electron chi connectivity index (χ1n) is 3.79. The number of carboxylic acid groups (broad SMARTS) is 1. The van der Waals surface area contributed by atoms with Gasteiger partial charge < -0.3 is 9.52 Å². The van der Waals surface area contributed by atoms with Crippen LogP contribution in [0.25, 0.3) is 0 Å². The average molecular weight is 167 g/mol. The molecule has 0 saturated heterocycles. The number of carbonyl (C=O) groups is 1. The number of carboxylic acids is 1. The Hall–Kier alpha value is -1.29. The number of hydrogen-bond donors (Lipinski definition) is 2. The number of nitrogens with one attached hydrogen (secondary N) is 1. The third kappa shape index (κ3) is 1.10. The minimum absolute atomic E-state index is 0.442. The highest BCUT2D eigenvalue weighted by Gasteiger charge is 2.25. The predicted octanol–water partition coefficient (Wildman–Crippen LogP) is 0.379. The minimum atomic E-state index is -0.822. The van der Waals surface area contributed by atoms with Gasteiger partial charge in [-0.15, -0.1) is 0 Å². The van der Waals surface area contributed by atoms with Crippen molar-refractivity contribution in [1.82, 2.24) is 5.32 Å². The number of furan rings is 1. The molecule has 2 rings (SSSR count). The predicted molar refractivity (Wildman–Crippen MR) is 40.7 cm³/mol. The molecule has 0 unspecified atom stereocenters. The van der Waals surface area contributed by atoms with Crippen molar-refractivity contribution >= 4 is 5.97 Å². The molecule has 0 fully saturated rings. The summed E-state index contributed by atoms with van der Waals surface area (Å²) >= 11 is 0. The summed E-state index contributed by atoms with van der Waals surface area (Å²) in [6.45, 7) is 0.586. The Kier molecular flexibility index (Phi) is 1.62. The maximum Gasteiger partial charge on any atom is 0.321 e. The summed E-state index contributed by atoms with van der Waals surface area (Å²) in [5.74, 6) is -0.0294. The molecular formula is C8H9NO3. The monoisotopic (exact) mass is 167 g/mol. The van der Waals surface area contributed by atoms with E-state index in [4.69, 9.17) is 9.52 Å². The third-order valence-corrected chi connectivity index (χ3v) is 2.06. The molecule has 4 nitrogen and oxygen atoms in total. The lowest BCUT2D eigenvalue weighted by Crippen LogP contribution is -2.41. The van der Waals surface area contributed by atoms with Gasteiger partial charge in [-0.3, -0.25) is 10.1 Å². The fourth-order valence-electron chi connectivity index (χ4n) is 1.37. The second kappa shape index (κ2) is 2.64. The van der Waals surface area contributed by atoms with Gasteiger partial charge in [-0.2, -0.15) is 0 Å². The zero-order valence-corrected chi connectivity index (χ0v) is 6.41. The van der Waals surface area contributed by atoms with Crippen LogP contribution in [0.2, 0.25) is 0 Å². The molecule has 0 spiro atoms. The van der Waals surface area contributed by atoms with Gasteiger partial charge in [0.1, 0.15) is 11.8 Å². The number of aliphatic carboxylic acids is 1. The molecule has 1 aliphatic rings. The highest BCUT2D eigenvalue weighted by molar-refractivity contribution is 5.74. The molecule has 0 amide bonds. The second-order valence-corrected chi connectivity index (χ2v) is 2.84. The molecular weight excluding hydrogens is 158 g/mol. The maximum atomic E-state index is 10.6. The Bertz CT molecular complexity index is 305. The van der Waals surface area contributed by atoms with Crippen LogP contribution < -0.4 is 5.32 Å². The van der Waals surface area contributed by atoms with Crippen LogP contribution in [0.4, 0.5) is 0 Å². The van der Waals surface area contributed by atoms with Gasteiger partial charge in [-0.1, -0.05) is 0 Å². The molecule has 0 aliphatic carbocycles. The van der Waals surface area contributed by atoms with Crippen LogP contribution in [-0.4, -0.2) is 17.1 Å². The van der Waals surface area contributed by atoms with E-state index in [9.17, 15) is 4.79 Å². The van der Waals surface area contributed by atoms with Crippen molar-refractivity contribution in [2.24, 2.45) is 0 Å². The lowest BCUT2D eigenvalue weighted by atomic mass is 10.0. The Morgan fingerprint density at radius 2 is 2.58 bits per heavy atom. The number of rotatable bonds is 1. The fourth-order valence-corrected chi connectivity index (χ4v) is 1.37. The van der Waals surface area contributed by atoms with Gasteiger partial charge in [0, 0.05) is 18.5 Å². The summed E-state index contributed by atoms with van der Waals surface area (Å²) in [7, 11) is 0. The van der Waals surface area contributed by atoms with Crippen molar-refractivity contribution in [3.8, 4) is 0 Å². The molecule has 1 atom stereocenters. The molecule has 1 aromatic rings. The van der Waals surface area contributed by atoms with E-state index in [0.29, 0.717) is 13.0 Å². The largest absolute Gasteiger partial charge is 0.480 e. The first-order valence-corrected chi connectivity index (χ1v) is 3.79.